The number of aromatic nitrogens is 1. The lowest BCUT2D eigenvalue weighted by atomic mass is 10.1. The smallest absolute Gasteiger partial charge is 0.308 e. The topological polar surface area (TPSA) is 70.5 Å². The number of rotatable bonds is 3. The van der Waals surface area contributed by atoms with Crippen LogP contribution in [0.15, 0.2) is 18.3 Å². The van der Waals surface area contributed by atoms with Gasteiger partial charge in [0.25, 0.3) is 0 Å². The van der Waals surface area contributed by atoms with E-state index in [-0.39, 0.29) is 11.7 Å². The maximum Gasteiger partial charge on any atom is 0.308 e. The van der Waals surface area contributed by atoms with E-state index in [0.717, 1.165) is 5.82 Å². The van der Waals surface area contributed by atoms with Crippen LogP contribution < -0.4 is 4.90 Å². The molecular formula is C12H14N2O3. The van der Waals surface area contributed by atoms with Gasteiger partial charge in [-0.3, -0.25) is 9.59 Å². The van der Waals surface area contributed by atoms with Crippen molar-refractivity contribution in [2.24, 2.45) is 5.92 Å². The molecular weight excluding hydrogens is 220 g/mol. The van der Waals surface area contributed by atoms with Crippen molar-refractivity contribution in [3.05, 3.63) is 23.9 Å². The van der Waals surface area contributed by atoms with Crippen LogP contribution in [0, 0.1) is 5.92 Å². The minimum atomic E-state index is -0.757. The highest BCUT2D eigenvalue weighted by Gasteiger charge is 2.28. The second-order valence-corrected chi connectivity index (χ2v) is 4.23. The Balaban J connectivity index is 2.09. The lowest BCUT2D eigenvalue weighted by Crippen LogP contribution is -2.23. The summed E-state index contributed by atoms with van der Waals surface area (Å²) < 4.78 is 0. The first-order valence-electron chi connectivity index (χ1n) is 5.52. The Bertz CT molecular complexity index is 442. The number of hydrogen-bond acceptors (Lipinski definition) is 4. The summed E-state index contributed by atoms with van der Waals surface area (Å²) in [6, 6.07) is 3.49. The number of aliphatic carboxylic acids is 1. The minimum Gasteiger partial charge on any atom is -0.481 e. The standard InChI is InChI=1S/C12H14N2O3/c1-8(15)9-2-3-11(13-6-9)14-5-4-10(7-14)12(16)17/h2-3,6,10H,4-5,7H2,1H3,(H,16,17). The van der Waals surface area contributed by atoms with Crippen molar-refractivity contribution in [1.82, 2.24) is 4.98 Å². The van der Waals surface area contributed by atoms with Crippen molar-refractivity contribution >= 4 is 17.6 Å². The molecule has 1 aromatic heterocycles. The molecule has 1 aliphatic heterocycles. The molecule has 5 nitrogen and oxygen atoms in total. The Labute approximate surface area is 99.1 Å². The fourth-order valence-corrected chi connectivity index (χ4v) is 1.95. The zero-order chi connectivity index (χ0) is 12.4. The second kappa shape index (κ2) is 4.53. The van der Waals surface area contributed by atoms with Crippen molar-refractivity contribution in [3.63, 3.8) is 0 Å². The Hall–Kier alpha value is -1.91. The summed E-state index contributed by atoms with van der Waals surface area (Å²) in [5.74, 6) is -0.357. The molecule has 1 N–H and O–H groups in total. The summed E-state index contributed by atoms with van der Waals surface area (Å²) in [7, 11) is 0. The van der Waals surface area contributed by atoms with E-state index in [2.05, 4.69) is 4.98 Å². The van der Waals surface area contributed by atoms with E-state index in [0.29, 0.717) is 25.1 Å². The zero-order valence-corrected chi connectivity index (χ0v) is 9.59. The van der Waals surface area contributed by atoms with E-state index in [4.69, 9.17) is 5.11 Å². The minimum absolute atomic E-state index is 0.0196. The number of pyridine rings is 1. The fourth-order valence-electron chi connectivity index (χ4n) is 1.95. The molecule has 1 atom stereocenters. The van der Waals surface area contributed by atoms with Crippen LogP contribution in [0.5, 0.6) is 0 Å². The highest BCUT2D eigenvalue weighted by molar-refractivity contribution is 5.93. The Morgan fingerprint density at radius 1 is 1.47 bits per heavy atom. The van der Waals surface area contributed by atoms with Crippen molar-refractivity contribution in [2.45, 2.75) is 13.3 Å². The van der Waals surface area contributed by atoms with E-state index in [1.54, 1.807) is 12.1 Å². The Morgan fingerprint density at radius 2 is 2.24 bits per heavy atom. The number of nitrogens with zero attached hydrogens (tertiary/aromatic N) is 2. The molecule has 1 aliphatic rings. The van der Waals surface area contributed by atoms with Crippen molar-refractivity contribution in [3.8, 4) is 0 Å². The van der Waals surface area contributed by atoms with Crippen LogP contribution >= 0.6 is 0 Å². The van der Waals surface area contributed by atoms with E-state index in [1.807, 2.05) is 4.90 Å². The molecule has 0 aromatic carbocycles. The van der Waals surface area contributed by atoms with Gasteiger partial charge in [0.05, 0.1) is 5.92 Å². The molecule has 2 rings (SSSR count). The Morgan fingerprint density at radius 3 is 2.71 bits per heavy atom. The average molecular weight is 234 g/mol. The lowest BCUT2D eigenvalue weighted by molar-refractivity contribution is -0.140. The number of carboxylic acids is 1. The van der Waals surface area contributed by atoms with Crippen LogP contribution in [0.3, 0.4) is 0 Å². The van der Waals surface area contributed by atoms with Crippen LogP contribution in [0.1, 0.15) is 23.7 Å². The van der Waals surface area contributed by atoms with E-state index >= 15 is 0 Å². The normalized spacial score (nSPS) is 19.4. The number of hydrogen-bond donors (Lipinski definition) is 1. The highest BCUT2D eigenvalue weighted by Crippen LogP contribution is 2.22. The summed E-state index contributed by atoms with van der Waals surface area (Å²) in [4.78, 5) is 28.0. The number of ketones is 1. The molecule has 1 unspecified atom stereocenters. The number of carboxylic acid groups (broad SMARTS) is 1. The number of Topliss-reactive ketones (excluding diaryl/α,β-unsaturated/α-hetero) is 1. The maximum absolute atomic E-state index is 11.1. The molecule has 5 heteroatoms. The zero-order valence-electron chi connectivity index (χ0n) is 9.59. The molecule has 1 saturated heterocycles. The molecule has 0 bridgehead atoms. The van der Waals surface area contributed by atoms with E-state index < -0.39 is 5.97 Å². The van der Waals surface area contributed by atoms with Crippen molar-refractivity contribution in [1.29, 1.82) is 0 Å². The fraction of sp³-hybridized carbons (Fsp3) is 0.417. The predicted octanol–water partition coefficient (Wildman–Crippen LogP) is 1.20. The van der Waals surface area contributed by atoms with Gasteiger partial charge >= 0.3 is 5.97 Å². The van der Waals surface area contributed by atoms with Gasteiger partial charge in [0.2, 0.25) is 0 Å². The molecule has 2 heterocycles. The van der Waals surface area contributed by atoms with Crippen molar-refractivity contribution < 1.29 is 14.7 Å². The van der Waals surface area contributed by atoms with Crippen LogP contribution in [-0.4, -0.2) is 34.9 Å². The summed E-state index contributed by atoms with van der Waals surface area (Å²) in [6.07, 6.45) is 2.18. The molecule has 0 aliphatic carbocycles. The quantitative estimate of drug-likeness (QED) is 0.795. The molecule has 1 fully saturated rings. The first-order chi connectivity index (χ1) is 8.08. The van der Waals surface area contributed by atoms with Gasteiger partial charge in [-0.2, -0.15) is 0 Å². The van der Waals surface area contributed by atoms with Crippen LogP contribution in [0.2, 0.25) is 0 Å². The van der Waals surface area contributed by atoms with Gasteiger partial charge in [0, 0.05) is 24.8 Å². The van der Waals surface area contributed by atoms with Gasteiger partial charge in [-0.25, -0.2) is 4.98 Å². The summed E-state index contributed by atoms with van der Waals surface area (Å²) in [5.41, 5.74) is 0.572. The van der Waals surface area contributed by atoms with Crippen LogP contribution in [-0.2, 0) is 4.79 Å². The summed E-state index contributed by atoms with van der Waals surface area (Å²) in [5, 5.41) is 8.90. The van der Waals surface area contributed by atoms with Crippen LogP contribution in [0.4, 0.5) is 5.82 Å². The molecule has 0 saturated carbocycles. The third-order valence-electron chi connectivity index (χ3n) is 3.02. The van der Waals surface area contributed by atoms with Gasteiger partial charge in [-0.1, -0.05) is 0 Å². The first-order valence-corrected chi connectivity index (χ1v) is 5.52. The van der Waals surface area contributed by atoms with Crippen LogP contribution in [0.25, 0.3) is 0 Å². The number of carbonyl (C=O) groups is 2. The monoisotopic (exact) mass is 234 g/mol. The summed E-state index contributed by atoms with van der Waals surface area (Å²) >= 11 is 0. The molecule has 0 amide bonds. The van der Waals surface area contributed by atoms with Gasteiger partial charge in [0.15, 0.2) is 5.78 Å². The second-order valence-electron chi connectivity index (χ2n) is 4.23. The molecule has 17 heavy (non-hydrogen) atoms. The number of anilines is 1. The third-order valence-corrected chi connectivity index (χ3v) is 3.02. The number of carbonyl (C=O) groups excluding carboxylic acids is 1. The van der Waals surface area contributed by atoms with Gasteiger partial charge in [-0.15, -0.1) is 0 Å². The summed E-state index contributed by atoms with van der Waals surface area (Å²) in [6.45, 7) is 2.68. The van der Waals surface area contributed by atoms with Gasteiger partial charge in [-0.05, 0) is 25.5 Å². The predicted molar refractivity (Wildman–Crippen MR) is 62.2 cm³/mol. The highest BCUT2D eigenvalue weighted by atomic mass is 16.4. The lowest BCUT2D eigenvalue weighted by Gasteiger charge is -2.16. The van der Waals surface area contributed by atoms with Crippen molar-refractivity contribution in [2.75, 3.05) is 18.0 Å². The molecule has 1 aromatic rings. The average Bonchev–Trinajstić information content (AvgIpc) is 2.78. The third kappa shape index (κ3) is 2.43. The molecule has 0 radical (unpaired) electrons. The molecule has 90 valence electrons. The maximum atomic E-state index is 11.1. The SMILES string of the molecule is CC(=O)c1ccc(N2CCC(C(=O)O)C2)nc1. The molecule has 0 spiro atoms. The van der Waals surface area contributed by atoms with E-state index in [9.17, 15) is 9.59 Å². The van der Waals surface area contributed by atoms with Gasteiger partial charge in [0.1, 0.15) is 5.82 Å². The first kappa shape index (κ1) is 11.6. The van der Waals surface area contributed by atoms with E-state index in [1.165, 1.54) is 13.1 Å². The largest absolute Gasteiger partial charge is 0.481 e. The van der Waals surface area contributed by atoms with Gasteiger partial charge < -0.3 is 10.0 Å². The Kier molecular flexibility index (Phi) is 3.08.